The lowest BCUT2D eigenvalue weighted by molar-refractivity contribution is 0.140. The Hall–Kier alpha value is -0.530. The summed E-state index contributed by atoms with van der Waals surface area (Å²) in [5.74, 6) is 0.853. The first-order valence-corrected chi connectivity index (χ1v) is 10.6. The van der Waals surface area contributed by atoms with Gasteiger partial charge in [0.05, 0.1) is 35.6 Å². The number of benzene rings is 1. The Morgan fingerprint density at radius 2 is 1.55 bits per heavy atom. The molecule has 0 bridgehead atoms. The highest BCUT2D eigenvalue weighted by molar-refractivity contribution is 6.56. The van der Waals surface area contributed by atoms with Gasteiger partial charge in [0.2, 0.25) is 0 Å². The van der Waals surface area contributed by atoms with Crippen LogP contribution in [0.2, 0.25) is 10.0 Å². The minimum absolute atomic E-state index is 0.117. The van der Waals surface area contributed by atoms with E-state index in [1.165, 1.54) is 12.2 Å². The maximum absolute atomic E-state index is 6.20. The van der Waals surface area contributed by atoms with Crippen molar-refractivity contribution in [1.29, 1.82) is 0 Å². The first-order valence-electron chi connectivity index (χ1n) is 8.29. The molecule has 0 aromatic heterocycles. The summed E-state index contributed by atoms with van der Waals surface area (Å²) in [5, 5.41) is 4.53. The van der Waals surface area contributed by atoms with Gasteiger partial charge in [0, 0.05) is 18.6 Å². The molecule has 0 heterocycles. The molecule has 1 rings (SSSR count). The zero-order valence-electron chi connectivity index (χ0n) is 15.4. The maximum atomic E-state index is 6.20. The van der Waals surface area contributed by atoms with E-state index < -0.39 is 0 Å². The average Bonchev–Trinajstić information content (AvgIpc) is 2.63. The largest absolute Gasteiger partial charge is 0.490 e. The lowest BCUT2D eigenvalue weighted by Gasteiger charge is -2.12. The number of oxime groups is 1. The minimum atomic E-state index is 0.117. The Labute approximate surface area is 200 Å². The smallest absolute Gasteiger partial charge is 0.156 e. The van der Waals surface area contributed by atoms with E-state index in [1.54, 1.807) is 19.1 Å². The normalized spacial score (nSPS) is 11.1. The van der Waals surface area contributed by atoms with E-state index in [0.717, 1.165) is 0 Å². The van der Waals surface area contributed by atoms with Crippen LogP contribution in [0.3, 0.4) is 0 Å². The van der Waals surface area contributed by atoms with Crippen molar-refractivity contribution in [2.24, 2.45) is 5.16 Å². The molecule has 5 nitrogen and oxygen atoms in total. The van der Waals surface area contributed by atoms with Crippen LogP contribution in [0.4, 0.5) is 0 Å². The summed E-state index contributed by atoms with van der Waals surface area (Å²) >= 11 is 34.4. The third-order valence-electron chi connectivity index (χ3n) is 2.98. The van der Waals surface area contributed by atoms with Gasteiger partial charge in [0.15, 0.2) is 5.75 Å². The fourth-order valence-electron chi connectivity index (χ4n) is 1.79. The Bertz CT molecular complexity index is 708. The third-order valence-corrected chi connectivity index (χ3v) is 4.16. The van der Waals surface area contributed by atoms with Crippen LogP contribution in [0.15, 0.2) is 38.4 Å². The second kappa shape index (κ2) is 15.3. The van der Waals surface area contributed by atoms with Crippen molar-refractivity contribution in [2.75, 3.05) is 33.0 Å². The molecule has 0 aliphatic heterocycles. The molecular weight excluding hydrogens is 507 g/mol. The van der Waals surface area contributed by atoms with E-state index in [9.17, 15) is 0 Å². The quantitative estimate of drug-likeness (QED) is 0.155. The Kier molecular flexibility index (Phi) is 14.0. The van der Waals surface area contributed by atoms with Crippen molar-refractivity contribution < 1.29 is 19.0 Å². The summed E-state index contributed by atoms with van der Waals surface area (Å²) in [6, 6.07) is 3.20. The lowest BCUT2D eigenvalue weighted by Crippen LogP contribution is -2.09. The molecule has 0 aliphatic carbocycles. The number of ether oxygens (including phenoxy) is 3. The highest BCUT2D eigenvalue weighted by Crippen LogP contribution is 2.37. The predicted molar refractivity (Wildman–Crippen MR) is 122 cm³/mol. The van der Waals surface area contributed by atoms with Crippen molar-refractivity contribution in [3.05, 3.63) is 43.3 Å². The standard InChI is InChI=1S/C18H19Cl6NO4/c1-12(25-29-8-4-17(23)24)11-26-5-2-6-28-18-14(19)9-13(10-15(18)20)27-7-3-16(21)22/h3-4,9-10H,2,5-8,11H2,1H3. The molecule has 11 heteroatoms. The average molecular weight is 526 g/mol. The van der Waals surface area contributed by atoms with Crippen molar-refractivity contribution in [3.8, 4) is 11.5 Å². The molecule has 0 radical (unpaired) electrons. The molecule has 162 valence electrons. The minimum Gasteiger partial charge on any atom is -0.490 e. The number of hydrogen-bond acceptors (Lipinski definition) is 5. The van der Waals surface area contributed by atoms with Crippen LogP contribution in [-0.4, -0.2) is 38.7 Å². The number of rotatable bonds is 13. The highest BCUT2D eigenvalue weighted by Gasteiger charge is 2.10. The molecule has 0 saturated heterocycles. The van der Waals surface area contributed by atoms with Crippen LogP contribution in [0.1, 0.15) is 13.3 Å². The van der Waals surface area contributed by atoms with Gasteiger partial charge in [0.25, 0.3) is 0 Å². The van der Waals surface area contributed by atoms with Gasteiger partial charge in [-0.1, -0.05) is 74.8 Å². The summed E-state index contributed by atoms with van der Waals surface area (Å²) < 4.78 is 16.8. The molecule has 0 fully saturated rings. The Balaban J connectivity index is 2.31. The SMILES string of the molecule is CC(COCCCOc1c(Cl)cc(OCC=C(Cl)Cl)cc1Cl)=NOCC=C(Cl)Cl. The van der Waals surface area contributed by atoms with Gasteiger partial charge in [-0.3, -0.25) is 0 Å². The van der Waals surface area contributed by atoms with E-state index >= 15 is 0 Å². The van der Waals surface area contributed by atoms with Crippen molar-refractivity contribution in [2.45, 2.75) is 13.3 Å². The van der Waals surface area contributed by atoms with Gasteiger partial charge in [-0.15, -0.1) is 0 Å². The molecular formula is C18H19Cl6NO4. The summed E-state index contributed by atoms with van der Waals surface area (Å²) in [7, 11) is 0. The number of hydrogen-bond donors (Lipinski definition) is 0. The van der Waals surface area contributed by atoms with Gasteiger partial charge < -0.3 is 19.0 Å². The summed E-state index contributed by atoms with van der Waals surface area (Å²) in [6.45, 7) is 3.32. The zero-order chi connectivity index (χ0) is 21.6. The van der Waals surface area contributed by atoms with E-state index in [-0.39, 0.29) is 22.2 Å². The summed E-state index contributed by atoms with van der Waals surface area (Å²) in [5.41, 5.74) is 0.678. The highest BCUT2D eigenvalue weighted by atomic mass is 35.5. The van der Waals surface area contributed by atoms with Crippen LogP contribution >= 0.6 is 69.6 Å². The number of halogens is 6. The van der Waals surface area contributed by atoms with Gasteiger partial charge in [-0.2, -0.15) is 0 Å². The van der Waals surface area contributed by atoms with Gasteiger partial charge in [-0.05, 0) is 19.1 Å². The van der Waals surface area contributed by atoms with Crippen LogP contribution in [0.5, 0.6) is 11.5 Å². The Morgan fingerprint density at radius 1 is 0.931 bits per heavy atom. The lowest BCUT2D eigenvalue weighted by atomic mass is 10.3. The first kappa shape index (κ1) is 26.5. The summed E-state index contributed by atoms with van der Waals surface area (Å²) in [4.78, 5) is 5.00. The molecule has 29 heavy (non-hydrogen) atoms. The third kappa shape index (κ3) is 12.7. The fourth-order valence-corrected chi connectivity index (χ4v) is 2.62. The van der Waals surface area contributed by atoms with E-state index in [2.05, 4.69) is 5.16 Å². The molecule has 1 aromatic rings. The van der Waals surface area contributed by atoms with Crippen molar-refractivity contribution >= 4 is 75.3 Å². The Morgan fingerprint density at radius 3 is 2.17 bits per heavy atom. The molecule has 0 atom stereocenters. The molecule has 0 saturated carbocycles. The fraction of sp³-hybridized carbons (Fsp3) is 0.389. The molecule has 0 unspecified atom stereocenters. The monoisotopic (exact) mass is 523 g/mol. The maximum Gasteiger partial charge on any atom is 0.156 e. The van der Waals surface area contributed by atoms with Gasteiger partial charge in [0.1, 0.15) is 27.9 Å². The van der Waals surface area contributed by atoms with Crippen LogP contribution in [0, 0.1) is 0 Å². The molecule has 0 amide bonds. The predicted octanol–water partition coefficient (Wildman–Crippen LogP) is 7.19. The van der Waals surface area contributed by atoms with Gasteiger partial charge in [-0.25, -0.2) is 0 Å². The first-order chi connectivity index (χ1) is 13.8. The van der Waals surface area contributed by atoms with E-state index in [4.69, 9.17) is 88.7 Å². The topological polar surface area (TPSA) is 49.3 Å². The molecule has 0 spiro atoms. The van der Waals surface area contributed by atoms with Crippen LogP contribution < -0.4 is 9.47 Å². The molecule has 0 aliphatic rings. The second-order valence-electron chi connectivity index (χ2n) is 5.39. The summed E-state index contributed by atoms with van der Waals surface area (Å²) in [6.07, 6.45) is 3.61. The van der Waals surface area contributed by atoms with Crippen LogP contribution in [-0.2, 0) is 9.57 Å². The van der Waals surface area contributed by atoms with Gasteiger partial charge >= 0.3 is 0 Å². The van der Waals surface area contributed by atoms with E-state index in [0.29, 0.717) is 53.5 Å². The second-order valence-corrected chi connectivity index (χ2v) is 8.22. The molecule has 1 aromatic carbocycles. The van der Waals surface area contributed by atoms with Crippen molar-refractivity contribution in [3.63, 3.8) is 0 Å². The van der Waals surface area contributed by atoms with E-state index in [1.807, 2.05) is 0 Å². The zero-order valence-corrected chi connectivity index (χ0v) is 19.9. The number of nitrogens with zero attached hydrogens (tertiary/aromatic N) is 1. The molecule has 0 N–H and O–H groups in total. The van der Waals surface area contributed by atoms with Crippen LogP contribution in [0.25, 0.3) is 0 Å². The van der Waals surface area contributed by atoms with Crippen molar-refractivity contribution in [1.82, 2.24) is 0 Å².